The van der Waals surface area contributed by atoms with Gasteiger partial charge in [-0.1, -0.05) is 0 Å². The fraction of sp³-hybridized carbons (Fsp3) is 0.211. The minimum absolute atomic E-state index is 0.186. The maximum atomic E-state index is 12.2. The van der Waals surface area contributed by atoms with E-state index in [-0.39, 0.29) is 17.2 Å². The average molecular weight is 372 g/mol. The third kappa shape index (κ3) is 5.74. The molecule has 0 unspecified atom stereocenters. The van der Waals surface area contributed by atoms with Crippen LogP contribution < -0.4 is 20.1 Å². The Balaban J connectivity index is 1.91. The summed E-state index contributed by atoms with van der Waals surface area (Å²) >= 11 is 0. The maximum absolute atomic E-state index is 12.2. The molecule has 142 valence electrons. The molecule has 0 aromatic heterocycles. The first-order chi connectivity index (χ1) is 12.9. The highest BCUT2D eigenvalue weighted by Crippen LogP contribution is 2.25. The smallest absolute Gasteiger partial charge is 0.342 e. The zero-order chi connectivity index (χ0) is 19.8. The highest BCUT2D eigenvalue weighted by atomic mass is 16.5. The molecule has 0 spiro atoms. The molecule has 0 bridgehead atoms. The molecule has 0 aliphatic rings. The molecule has 8 heteroatoms. The van der Waals surface area contributed by atoms with E-state index in [0.717, 1.165) is 0 Å². The van der Waals surface area contributed by atoms with Gasteiger partial charge in [0.05, 0.1) is 14.2 Å². The van der Waals surface area contributed by atoms with Crippen molar-refractivity contribution in [3.05, 3.63) is 48.0 Å². The lowest BCUT2D eigenvalue weighted by Gasteiger charge is -2.11. The minimum Gasteiger partial charge on any atom is -0.497 e. The van der Waals surface area contributed by atoms with Gasteiger partial charge in [0, 0.05) is 24.4 Å². The molecular weight excluding hydrogens is 352 g/mol. The molecule has 2 rings (SSSR count). The van der Waals surface area contributed by atoms with Gasteiger partial charge < -0.3 is 24.8 Å². The Morgan fingerprint density at radius 2 is 1.52 bits per heavy atom. The lowest BCUT2D eigenvalue weighted by molar-refractivity contribution is -0.119. The monoisotopic (exact) mass is 372 g/mol. The van der Waals surface area contributed by atoms with Crippen LogP contribution in [-0.2, 0) is 14.3 Å². The van der Waals surface area contributed by atoms with Crippen LogP contribution in [0.15, 0.2) is 42.5 Å². The summed E-state index contributed by atoms with van der Waals surface area (Å²) < 4.78 is 15.2. The van der Waals surface area contributed by atoms with E-state index in [2.05, 4.69) is 10.6 Å². The molecule has 27 heavy (non-hydrogen) atoms. The topological polar surface area (TPSA) is 103 Å². The normalized spacial score (nSPS) is 9.89. The Hall–Kier alpha value is -3.55. The van der Waals surface area contributed by atoms with Crippen LogP contribution in [0.25, 0.3) is 0 Å². The number of rotatable bonds is 7. The summed E-state index contributed by atoms with van der Waals surface area (Å²) in [5.74, 6) is -0.557. The molecule has 0 saturated carbocycles. The third-order valence-electron chi connectivity index (χ3n) is 3.45. The van der Waals surface area contributed by atoms with Crippen LogP contribution >= 0.6 is 0 Å². The fourth-order valence-corrected chi connectivity index (χ4v) is 2.21. The lowest BCUT2D eigenvalue weighted by atomic mass is 10.2. The van der Waals surface area contributed by atoms with Crippen molar-refractivity contribution in [3.63, 3.8) is 0 Å². The molecule has 2 aromatic rings. The first kappa shape index (κ1) is 19.8. The van der Waals surface area contributed by atoms with Crippen LogP contribution in [0.3, 0.4) is 0 Å². The zero-order valence-electron chi connectivity index (χ0n) is 15.2. The summed E-state index contributed by atoms with van der Waals surface area (Å²) in [6, 6.07) is 11.2. The number of methoxy groups -OCH3 is 2. The number of carbonyl (C=O) groups excluding carboxylic acids is 3. The van der Waals surface area contributed by atoms with E-state index in [1.165, 1.54) is 27.2 Å². The first-order valence-electron chi connectivity index (χ1n) is 7.99. The van der Waals surface area contributed by atoms with E-state index in [0.29, 0.717) is 17.1 Å². The minimum atomic E-state index is -0.689. The predicted octanol–water partition coefficient (Wildman–Crippen LogP) is 2.46. The fourth-order valence-electron chi connectivity index (χ4n) is 2.21. The summed E-state index contributed by atoms with van der Waals surface area (Å²) in [4.78, 5) is 35.1. The number of carbonyl (C=O) groups is 3. The van der Waals surface area contributed by atoms with Crippen LogP contribution in [0.5, 0.6) is 11.5 Å². The highest BCUT2D eigenvalue weighted by molar-refractivity contribution is 5.97. The Kier molecular flexibility index (Phi) is 6.76. The van der Waals surface area contributed by atoms with Gasteiger partial charge in [-0.2, -0.15) is 0 Å². The van der Waals surface area contributed by atoms with E-state index in [1.54, 1.807) is 36.4 Å². The van der Waals surface area contributed by atoms with E-state index < -0.39 is 18.5 Å². The van der Waals surface area contributed by atoms with Crippen molar-refractivity contribution in [2.24, 2.45) is 0 Å². The van der Waals surface area contributed by atoms with Crippen molar-refractivity contribution in [2.75, 3.05) is 31.5 Å². The van der Waals surface area contributed by atoms with E-state index in [1.807, 2.05) is 0 Å². The van der Waals surface area contributed by atoms with E-state index in [4.69, 9.17) is 14.2 Å². The number of amides is 2. The molecule has 2 amide bonds. The second-order valence-corrected chi connectivity index (χ2v) is 5.45. The Bertz CT molecular complexity index is 833. The lowest BCUT2D eigenvalue weighted by Crippen LogP contribution is -2.21. The van der Waals surface area contributed by atoms with Gasteiger partial charge in [0.25, 0.3) is 5.91 Å². The van der Waals surface area contributed by atoms with Crippen molar-refractivity contribution < 1.29 is 28.6 Å². The van der Waals surface area contributed by atoms with Gasteiger partial charge in [0.2, 0.25) is 5.91 Å². The summed E-state index contributed by atoms with van der Waals surface area (Å²) in [6.07, 6.45) is 0. The number of anilines is 2. The molecule has 0 aliphatic heterocycles. The van der Waals surface area contributed by atoms with Gasteiger partial charge in [0.1, 0.15) is 17.1 Å². The average Bonchev–Trinajstić information content (AvgIpc) is 2.66. The predicted molar refractivity (Wildman–Crippen MR) is 99.2 cm³/mol. The molecule has 2 N–H and O–H groups in total. The number of ether oxygens (including phenoxy) is 3. The van der Waals surface area contributed by atoms with Gasteiger partial charge in [-0.05, 0) is 36.4 Å². The molecule has 0 radical (unpaired) electrons. The van der Waals surface area contributed by atoms with E-state index >= 15 is 0 Å². The van der Waals surface area contributed by atoms with Crippen molar-refractivity contribution in [3.8, 4) is 11.5 Å². The second kappa shape index (κ2) is 9.23. The van der Waals surface area contributed by atoms with Crippen LogP contribution in [0.1, 0.15) is 17.3 Å². The van der Waals surface area contributed by atoms with Crippen molar-refractivity contribution in [1.82, 2.24) is 0 Å². The quantitative estimate of drug-likeness (QED) is 0.724. The Morgan fingerprint density at radius 1 is 0.889 bits per heavy atom. The molecule has 0 saturated heterocycles. The van der Waals surface area contributed by atoms with Crippen LogP contribution in [0.4, 0.5) is 11.4 Å². The standard InChI is InChI=1S/C19H20N2O6/c1-12(22)20-13-4-6-14(7-5-13)21-18(23)11-27-19(24)16-9-8-15(25-2)10-17(16)26-3/h4-10H,11H2,1-3H3,(H,20,22)(H,21,23). The van der Waals surface area contributed by atoms with Crippen LogP contribution in [0, 0.1) is 0 Å². The molecular formula is C19H20N2O6. The molecule has 0 atom stereocenters. The summed E-state index contributed by atoms with van der Waals surface area (Å²) in [6.45, 7) is 0.948. The van der Waals surface area contributed by atoms with E-state index in [9.17, 15) is 14.4 Å². The third-order valence-corrected chi connectivity index (χ3v) is 3.45. The number of hydrogen-bond acceptors (Lipinski definition) is 6. The van der Waals surface area contributed by atoms with Gasteiger partial charge in [-0.3, -0.25) is 9.59 Å². The molecule has 2 aromatic carbocycles. The summed E-state index contributed by atoms with van der Waals surface area (Å²) in [5.41, 5.74) is 1.30. The number of esters is 1. The largest absolute Gasteiger partial charge is 0.497 e. The van der Waals surface area contributed by atoms with Crippen LogP contribution in [-0.4, -0.2) is 38.6 Å². The molecule has 8 nitrogen and oxygen atoms in total. The number of hydrogen-bond donors (Lipinski definition) is 2. The van der Waals surface area contributed by atoms with Gasteiger partial charge in [-0.25, -0.2) is 4.79 Å². The first-order valence-corrected chi connectivity index (χ1v) is 7.99. The Morgan fingerprint density at radius 3 is 2.07 bits per heavy atom. The van der Waals surface area contributed by atoms with Crippen LogP contribution in [0.2, 0.25) is 0 Å². The molecule has 0 aliphatic carbocycles. The number of benzene rings is 2. The number of nitrogens with one attached hydrogen (secondary N) is 2. The zero-order valence-corrected chi connectivity index (χ0v) is 15.2. The molecule has 0 fully saturated rings. The van der Waals surface area contributed by atoms with Gasteiger partial charge >= 0.3 is 5.97 Å². The molecule has 0 heterocycles. The highest BCUT2D eigenvalue weighted by Gasteiger charge is 2.16. The summed E-state index contributed by atoms with van der Waals surface area (Å²) in [7, 11) is 2.92. The second-order valence-electron chi connectivity index (χ2n) is 5.45. The maximum Gasteiger partial charge on any atom is 0.342 e. The van der Waals surface area contributed by atoms with Crippen molar-refractivity contribution >= 4 is 29.2 Å². The van der Waals surface area contributed by atoms with Gasteiger partial charge in [-0.15, -0.1) is 0 Å². The SMILES string of the molecule is COc1ccc(C(=O)OCC(=O)Nc2ccc(NC(C)=O)cc2)c(OC)c1. The Labute approximate surface area is 156 Å². The summed E-state index contributed by atoms with van der Waals surface area (Å²) in [5, 5.41) is 5.22. The van der Waals surface area contributed by atoms with Gasteiger partial charge in [0.15, 0.2) is 6.61 Å². The van der Waals surface area contributed by atoms with Crippen molar-refractivity contribution in [1.29, 1.82) is 0 Å². The van der Waals surface area contributed by atoms with Crippen molar-refractivity contribution in [2.45, 2.75) is 6.92 Å².